The number of hydrogen-bond acceptors (Lipinski definition) is 4. The summed E-state index contributed by atoms with van der Waals surface area (Å²) in [6.45, 7) is -2.15. The van der Waals surface area contributed by atoms with Crippen LogP contribution < -0.4 is 15.4 Å². The zero-order valence-corrected chi connectivity index (χ0v) is 12.0. The molecule has 0 radical (unpaired) electrons. The second-order valence-corrected chi connectivity index (χ2v) is 5.22. The van der Waals surface area contributed by atoms with E-state index in [1.54, 1.807) is 0 Å². The van der Waals surface area contributed by atoms with Crippen molar-refractivity contribution in [3.63, 3.8) is 0 Å². The van der Waals surface area contributed by atoms with Crippen molar-refractivity contribution < 1.29 is 35.9 Å². The Kier molecular flexibility index (Phi) is 5.21. The van der Waals surface area contributed by atoms with E-state index in [-0.39, 0.29) is 11.6 Å². The van der Waals surface area contributed by atoms with E-state index in [0.717, 1.165) is 12.3 Å². The van der Waals surface area contributed by atoms with Crippen LogP contribution in [0.25, 0.3) is 0 Å². The van der Waals surface area contributed by atoms with Gasteiger partial charge in [0, 0.05) is 12.5 Å². The van der Waals surface area contributed by atoms with Gasteiger partial charge in [-0.25, -0.2) is 22.5 Å². The summed E-state index contributed by atoms with van der Waals surface area (Å²) in [5.74, 6) is -8.33. The van der Waals surface area contributed by atoms with Crippen LogP contribution in [0.2, 0.25) is 0 Å². The average Bonchev–Trinajstić information content (AvgIpc) is 2.87. The minimum atomic E-state index is -4.31. The Morgan fingerprint density at radius 1 is 1.46 bits per heavy atom. The SMILES string of the molecule is O=C(Nc1ccc(OCC(F)(F)C(F)F)nc1)C1CC(F)(F)CN1. The van der Waals surface area contributed by atoms with E-state index in [1.807, 2.05) is 0 Å². The maximum atomic E-state index is 13.0. The molecule has 0 aromatic carbocycles. The predicted molar refractivity (Wildman–Crippen MR) is 70.7 cm³/mol. The molecule has 1 aromatic rings. The summed E-state index contributed by atoms with van der Waals surface area (Å²) in [4.78, 5) is 15.3. The van der Waals surface area contributed by atoms with Gasteiger partial charge in [0.1, 0.15) is 0 Å². The van der Waals surface area contributed by atoms with Crippen molar-refractivity contribution in [1.29, 1.82) is 0 Å². The summed E-state index contributed by atoms with van der Waals surface area (Å²) in [7, 11) is 0. The van der Waals surface area contributed by atoms with Gasteiger partial charge in [-0.05, 0) is 6.07 Å². The molecule has 5 nitrogen and oxygen atoms in total. The Bertz CT molecular complexity index is 582. The summed E-state index contributed by atoms with van der Waals surface area (Å²) < 4.78 is 79.8. The van der Waals surface area contributed by atoms with Gasteiger partial charge < -0.3 is 10.1 Å². The molecule has 1 aliphatic rings. The summed E-state index contributed by atoms with van der Waals surface area (Å²) >= 11 is 0. The minimum absolute atomic E-state index is 0.116. The van der Waals surface area contributed by atoms with Gasteiger partial charge in [0.15, 0.2) is 6.61 Å². The number of anilines is 1. The summed E-state index contributed by atoms with van der Waals surface area (Å²) in [5.41, 5.74) is 0.116. The molecule has 1 aromatic heterocycles. The highest BCUT2D eigenvalue weighted by Gasteiger charge is 2.43. The third-order valence-corrected chi connectivity index (χ3v) is 3.16. The number of aromatic nitrogens is 1. The molecule has 0 aliphatic carbocycles. The second kappa shape index (κ2) is 6.83. The minimum Gasteiger partial charge on any atom is -0.471 e. The molecule has 24 heavy (non-hydrogen) atoms. The van der Waals surface area contributed by atoms with Crippen LogP contribution in [0.5, 0.6) is 5.88 Å². The first-order valence-electron chi connectivity index (χ1n) is 6.76. The van der Waals surface area contributed by atoms with Gasteiger partial charge in [-0.2, -0.15) is 8.78 Å². The molecular weight excluding hydrogens is 344 g/mol. The number of nitrogens with one attached hydrogen (secondary N) is 2. The third-order valence-electron chi connectivity index (χ3n) is 3.16. The van der Waals surface area contributed by atoms with E-state index in [4.69, 9.17) is 0 Å². The van der Waals surface area contributed by atoms with Gasteiger partial charge in [0.25, 0.3) is 5.92 Å². The molecule has 134 valence electrons. The zero-order chi connectivity index (χ0) is 18.0. The number of ether oxygens (including phenoxy) is 1. The lowest BCUT2D eigenvalue weighted by molar-refractivity contribution is -0.148. The van der Waals surface area contributed by atoms with Crippen LogP contribution in [0, 0.1) is 0 Å². The van der Waals surface area contributed by atoms with Crippen LogP contribution in [0.4, 0.5) is 32.0 Å². The van der Waals surface area contributed by atoms with Crippen molar-refractivity contribution in [1.82, 2.24) is 10.3 Å². The van der Waals surface area contributed by atoms with E-state index in [0.29, 0.717) is 0 Å². The molecule has 1 atom stereocenters. The quantitative estimate of drug-likeness (QED) is 0.767. The van der Waals surface area contributed by atoms with Crippen LogP contribution in [0.3, 0.4) is 0 Å². The fourth-order valence-electron chi connectivity index (χ4n) is 1.90. The van der Waals surface area contributed by atoms with Crippen LogP contribution in [0.15, 0.2) is 18.3 Å². The standard InChI is InChI=1S/C13H13F6N3O2/c14-11(15)13(18,19)6-24-9-2-1-7(4-20-9)22-10(23)8-3-12(16,17)5-21-8/h1-2,4,8,11,21H,3,5-6H2,(H,22,23). The molecule has 2 rings (SSSR count). The highest BCUT2D eigenvalue weighted by Crippen LogP contribution is 2.26. The van der Waals surface area contributed by atoms with Gasteiger partial charge in [0.05, 0.1) is 24.5 Å². The van der Waals surface area contributed by atoms with Gasteiger partial charge >= 0.3 is 12.3 Å². The van der Waals surface area contributed by atoms with Crippen LogP contribution in [-0.2, 0) is 4.79 Å². The topological polar surface area (TPSA) is 63.2 Å². The zero-order valence-electron chi connectivity index (χ0n) is 12.0. The maximum Gasteiger partial charge on any atom is 0.340 e. The highest BCUT2D eigenvalue weighted by atomic mass is 19.3. The molecule has 0 spiro atoms. The molecule has 0 bridgehead atoms. The number of alkyl halides is 6. The number of carbonyl (C=O) groups is 1. The normalized spacial score (nSPS) is 20.2. The van der Waals surface area contributed by atoms with E-state index >= 15 is 0 Å². The molecular formula is C13H13F6N3O2. The molecule has 1 unspecified atom stereocenters. The Balaban J connectivity index is 1.87. The number of nitrogens with zero attached hydrogens (tertiary/aromatic N) is 1. The van der Waals surface area contributed by atoms with Gasteiger partial charge in [-0.1, -0.05) is 0 Å². The Morgan fingerprint density at radius 2 is 2.17 bits per heavy atom. The summed E-state index contributed by atoms with van der Waals surface area (Å²) in [6, 6.07) is 1.22. The summed E-state index contributed by atoms with van der Waals surface area (Å²) in [6.07, 6.45) is -3.48. The third kappa shape index (κ3) is 4.73. The van der Waals surface area contributed by atoms with E-state index in [1.165, 1.54) is 6.07 Å². The molecule has 1 amide bonds. The van der Waals surface area contributed by atoms with Crippen molar-refractivity contribution in [3.8, 4) is 5.88 Å². The van der Waals surface area contributed by atoms with Crippen molar-refractivity contribution in [2.45, 2.75) is 30.7 Å². The molecule has 0 saturated carbocycles. The Labute approximate surface area is 132 Å². The van der Waals surface area contributed by atoms with E-state index in [9.17, 15) is 31.1 Å². The number of amides is 1. The lowest BCUT2D eigenvalue weighted by Gasteiger charge is -2.15. The van der Waals surface area contributed by atoms with Gasteiger partial charge in [-0.15, -0.1) is 0 Å². The maximum absolute atomic E-state index is 13.0. The number of carbonyl (C=O) groups excluding carboxylic acids is 1. The van der Waals surface area contributed by atoms with Crippen molar-refractivity contribution >= 4 is 11.6 Å². The van der Waals surface area contributed by atoms with Gasteiger partial charge in [-0.3, -0.25) is 10.1 Å². The largest absolute Gasteiger partial charge is 0.471 e. The van der Waals surface area contributed by atoms with Crippen LogP contribution >= 0.6 is 0 Å². The molecule has 2 N–H and O–H groups in total. The first-order valence-corrected chi connectivity index (χ1v) is 6.76. The molecule has 2 heterocycles. The first-order chi connectivity index (χ1) is 11.1. The van der Waals surface area contributed by atoms with Crippen LogP contribution in [-0.4, -0.2) is 48.4 Å². The average molecular weight is 357 g/mol. The molecule has 1 saturated heterocycles. The number of rotatable bonds is 6. The van der Waals surface area contributed by atoms with Gasteiger partial charge in [0.2, 0.25) is 11.8 Å². The van der Waals surface area contributed by atoms with Crippen molar-refractivity contribution in [2.24, 2.45) is 0 Å². The smallest absolute Gasteiger partial charge is 0.340 e. The lowest BCUT2D eigenvalue weighted by Crippen LogP contribution is -2.35. The predicted octanol–water partition coefficient (Wildman–Crippen LogP) is 2.30. The first kappa shape index (κ1) is 18.3. The fraction of sp³-hybridized carbons (Fsp3) is 0.538. The highest BCUT2D eigenvalue weighted by molar-refractivity contribution is 5.95. The molecule has 1 fully saturated rings. The fourth-order valence-corrected chi connectivity index (χ4v) is 1.90. The van der Waals surface area contributed by atoms with E-state index < -0.39 is 49.8 Å². The summed E-state index contributed by atoms with van der Waals surface area (Å²) in [5, 5.41) is 4.68. The molecule has 11 heteroatoms. The Morgan fingerprint density at radius 3 is 2.67 bits per heavy atom. The second-order valence-electron chi connectivity index (χ2n) is 5.22. The van der Waals surface area contributed by atoms with Crippen LogP contribution in [0.1, 0.15) is 6.42 Å². The van der Waals surface area contributed by atoms with Crippen molar-refractivity contribution in [3.05, 3.63) is 18.3 Å². The van der Waals surface area contributed by atoms with Crippen molar-refractivity contribution in [2.75, 3.05) is 18.5 Å². The number of halogens is 6. The van der Waals surface area contributed by atoms with E-state index in [2.05, 4.69) is 20.4 Å². The molecule has 1 aliphatic heterocycles. The Hall–Kier alpha value is -2.04. The number of pyridine rings is 1. The monoisotopic (exact) mass is 357 g/mol. The lowest BCUT2D eigenvalue weighted by atomic mass is 10.2. The number of hydrogen-bond donors (Lipinski definition) is 2.